The molecule has 0 saturated carbocycles. The van der Waals surface area contributed by atoms with Crippen LogP contribution < -0.4 is 26.2 Å². The minimum Gasteiger partial charge on any atom is -0.310 e. The first-order valence-electron chi connectivity index (χ1n) is 42.6. The zero-order valence-corrected chi connectivity index (χ0v) is 71.8. The molecule has 2 aliphatic heterocycles. The van der Waals surface area contributed by atoms with Gasteiger partial charge in [0.05, 0.1) is 18.2 Å². The summed E-state index contributed by atoms with van der Waals surface area (Å²) >= 11 is 0. The Bertz CT molecular complexity index is 5550. The van der Waals surface area contributed by atoms with Gasteiger partial charge in [-0.25, -0.2) is 0 Å². The Hall–Kier alpha value is -8.92. The average Bonchev–Trinajstić information content (AvgIpc) is 0.683. The van der Waals surface area contributed by atoms with Crippen LogP contribution in [0.4, 0.5) is 34.1 Å². The van der Waals surface area contributed by atoms with Gasteiger partial charge in [0.15, 0.2) is 0 Å². The quantitative estimate of drug-likeness (QED) is 0.140. The molecule has 0 amide bonds. The smallest absolute Gasteiger partial charge is 0.252 e. The highest BCUT2D eigenvalue weighted by Crippen LogP contribution is 2.58. The molecule has 109 heavy (non-hydrogen) atoms. The molecule has 13 rings (SSSR count). The SMILES string of the molecule is [2H]c1c([2H])c([2H])c(-c2ccc3c(c2)N(c2c(-c4ccc(C(C)(C)C)cc4)cc(C(C)(C)C)cc2-c2cc(C(C)(C)C)cc(C(C)(C)C)c2)c2cc(C(C)(C)C)cc4c2B3c2ccc(-c3cccc(C(C)(C)C)c3)cc2N4c2c(-c3ccc(C(C)(C)C)cc3)cc(C(C)(C)C)cc2-c2c(C(C)(C)C)cccc2C(C)(C)C)c([2H])c1[2H]. The first kappa shape index (κ1) is 71.7. The molecule has 3 heteroatoms. The van der Waals surface area contributed by atoms with Gasteiger partial charge in [0.1, 0.15) is 0 Å². The van der Waals surface area contributed by atoms with Crippen molar-refractivity contribution >= 4 is 57.2 Å². The van der Waals surface area contributed by atoms with Crippen LogP contribution >= 0.6 is 0 Å². The summed E-state index contributed by atoms with van der Waals surface area (Å²) in [6.07, 6.45) is 0. The second-order valence-corrected chi connectivity index (χ2v) is 42.2. The van der Waals surface area contributed by atoms with Gasteiger partial charge in [-0.15, -0.1) is 0 Å². The molecule has 0 spiro atoms. The number of anilines is 6. The van der Waals surface area contributed by atoms with Gasteiger partial charge in [-0.05, 0) is 219 Å². The van der Waals surface area contributed by atoms with E-state index in [9.17, 15) is 5.48 Å². The van der Waals surface area contributed by atoms with Crippen LogP contribution in [0.1, 0.15) is 270 Å². The molecule has 2 aliphatic rings. The van der Waals surface area contributed by atoms with Gasteiger partial charge >= 0.3 is 0 Å². The zero-order chi connectivity index (χ0) is 83.7. The summed E-state index contributed by atoms with van der Waals surface area (Å²) in [5.41, 5.74) is 31.0. The van der Waals surface area contributed by atoms with E-state index in [0.29, 0.717) is 5.56 Å². The molecule has 0 fully saturated rings. The summed E-state index contributed by atoms with van der Waals surface area (Å²) in [7, 11) is 0. The molecule has 11 aromatic carbocycles. The molecule has 0 N–H and O–H groups in total. The maximum absolute atomic E-state index is 9.82. The van der Waals surface area contributed by atoms with E-state index in [4.69, 9.17) is 1.37 Å². The van der Waals surface area contributed by atoms with E-state index in [2.05, 4.69) is 393 Å². The number of hydrogen-bond donors (Lipinski definition) is 0. The molecule has 0 saturated heterocycles. The summed E-state index contributed by atoms with van der Waals surface area (Å²) in [5.74, 6) is 0. The van der Waals surface area contributed by atoms with Gasteiger partial charge in [0.25, 0.3) is 6.71 Å². The largest absolute Gasteiger partial charge is 0.310 e. The van der Waals surface area contributed by atoms with Crippen LogP contribution in [-0.2, 0) is 54.1 Å². The summed E-state index contributed by atoms with van der Waals surface area (Å²) in [5, 5.41) is 0. The van der Waals surface area contributed by atoms with E-state index >= 15 is 0 Å². The van der Waals surface area contributed by atoms with E-state index in [1.165, 1.54) is 55.6 Å². The molecule has 11 aromatic rings. The molecule has 0 bridgehead atoms. The van der Waals surface area contributed by atoms with Crippen LogP contribution in [0.25, 0.3) is 66.8 Å². The lowest BCUT2D eigenvalue weighted by Gasteiger charge is -2.47. The Morgan fingerprint density at radius 1 is 0.239 bits per heavy atom. The van der Waals surface area contributed by atoms with Gasteiger partial charge < -0.3 is 9.80 Å². The van der Waals surface area contributed by atoms with Crippen molar-refractivity contribution in [2.24, 2.45) is 0 Å². The van der Waals surface area contributed by atoms with Crippen LogP contribution in [0.2, 0.25) is 0 Å². The molecule has 562 valence electrons. The van der Waals surface area contributed by atoms with Crippen LogP contribution in [-0.4, -0.2) is 6.71 Å². The number of hydrogen-bond acceptors (Lipinski definition) is 2. The maximum atomic E-state index is 9.82. The summed E-state index contributed by atoms with van der Waals surface area (Å²) < 4.78 is 47.2. The zero-order valence-electron chi connectivity index (χ0n) is 76.8. The molecular formula is C106H125BN2. The number of rotatable bonds is 8. The summed E-state index contributed by atoms with van der Waals surface area (Å²) in [4.78, 5) is 5.33. The molecule has 0 unspecified atom stereocenters. The average molecular weight is 1440 g/mol. The number of nitrogens with zero attached hydrogens (tertiary/aromatic N) is 2. The fraction of sp³-hybridized carbons (Fsp3) is 0.377. The fourth-order valence-electron chi connectivity index (χ4n) is 16.3. The first-order chi connectivity index (χ1) is 52.4. The van der Waals surface area contributed by atoms with E-state index in [1.807, 2.05) is 6.07 Å². The van der Waals surface area contributed by atoms with E-state index in [1.54, 1.807) is 0 Å². The van der Waals surface area contributed by atoms with Gasteiger partial charge in [-0.3, -0.25) is 0 Å². The summed E-state index contributed by atoms with van der Waals surface area (Å²) in [6, 6.07) is 69.6. The van der Waals surface area contributed by atoms with Crippen molar-refractivity contribution in [3.05, 3.63) is 268 Å². The lowest BCUT2D eigenvalue weighted by molar-refractivity contribution is 0.568. The van der Waals surface area contributed by atoms with Gasteiger partial charge in [0, 0.05) is 45.0 Å². The van der Waals surface area contributed by atoms with E-state index < -0.39 is 18.2 Å². The monoisotopic (exact) mass is 1440 g/mol. The molecule has 0 aliphatic carbocycles. The predicted octanol–water partition coefficient (Wildman–Crippen LogP) is 28.7. The topological polar surface area (TPSA) is 6.48 Å². The highest BCUT2D eigenvalue weighted by molar-refractivity contribution is 7.00. The van der Waals surface area contributed by atoms with Crippen LogP contribution in [0.5, 0.6) is 0 Å². The molecule has 2 heterocycles. The highest BCUT2D eigenvalue weighted by Gasteiger charge is 2.47. The van der Waals surface area contributed by atoms with E-state index in [0.717, 1.165) is 106 Å². The maximum Gasteiger partial charge on any atom is 0.252 e. The summed E-state index contributed by atoms with van der Waals surface area (Å²) in [6.45, 7) is 69.7. The Kier molecular flexibility index (Phi) is 17.7. The lowest BCUT2D eigenvalue weighted by Crippen LogP contribution is -2.61. The third-order valence-electron chi connectivity index (χ3n) is 23.2. The fourth-order valence-corrected chi connectivity index (χ4v) is 16.3. The van der Waals surface area contributed by atoms with Crippen molar-refractivity contribution in [2.45, 2.75) is 262 Å². The molecule has 0 atom stereocenters. The van der Waals surface area contributed by atoms with Crippen LogP contribution in [0, 0.1) is 0 Å². The minimum atomic E-state index is -0.459. The number of benzene rings is 11. The molecule has 2 nitrogen and oxygen atoms in total. The van der Waals surface area contributed by atoms with Crippen molar-refractivity contribution in [1.82, 2.24) is 0 Å². The Morgan fingerprint density at radius 2 is 0.560 bits per heavy atom. The van der Waals surface area contributed by atoms with Crippen molar-refractivity contribution in [3.8, 4) is 66.8 Å². The highest BCUT2D eigenvalue weighted by atomic mass is 15.2. The standard InChI is InChI=1S/C106H125BN2/c1-97(2,3)73-48-42-67(43-49-73)81-60-78(102(16,17)18)62-83(72-55-76(100(10,11)12)59-77(56-72)101(13,14)15)95(81)108-89-57-70(66-36-32-31-33-37-66)46-52-87(89)107-88-53-47-71(69-38-34-39-75(54-69)99(7,8)9)58-90(88)109(92-65-80(104(22,23)24)64-91(108)94(92)107)96-82(68-44-50-74(51-45-68)98(4,5)6)61-79(103(19,20)21)63-84(96)93-85(105(25,26)27)40-35-41-86(93)106(28,29)30/h31-65H,1-30H3/i31D,32D,33D,36D,37D. The van der Waals surface area contributed by atoms with Gasteiger partial charge in [0.2, 0.25) is 0 Å². The van der Waals surface area contributed by atoms with Crippen molar-refractivity contribution < 1.29 is 6.85 Å². The normalized spacial score (nSPS) is 14.6. The molecule has 0 radical (unpaired) electrons. The van der Waals surface area contributed by atoms with Crippen LogP contribution in [0.3, 0.4) is 0 Å². The van der Waals surface area contributed by atoms with Crippen molar-refractivity contribution in [3.63, 3.8) is 0 Å². The van der Waals surface area contributed by atoms with Crippen LogP contribution in [0.15, 0.2) is 212 Å². The Balaban J connectivity index is 1.33. The Morgan fingerprint density at radius 3 is 0.954 bits per heavy atom. The molecular weight excluding hydrogens is 1310 g/mol. The van der Waals surface area contributed by atoms with E-state index in [-0.39, 0.29) is 78.5 Å². The van der Waals surface area contributed by atoms with Gasteiger partial charge in [-0.1, -0.05) is 371 Å². The number of fused-ring (bicyclic) bond motifs is 4. The third-order valence-corrected chi connectivity index (χ3v) is 23.2. The first-order valence-corrected chi connectivity index (χ1v) is 40.1. The van der Waals surface area contributed by atoms with Crippen molar-refractivity contribution in [2.75, 3.05) is 9.80 Å². The third kappa shape index (κ3) is 15.1. The second-order valence-electron chi connectivity index (χ2n) is 42.2. The van der Waals surface area contributed by atoms with Crippen molar-refractivity contribution in [1.29, 1.82) is 0 Å². The molecule has 0 aromatic heterocycles. The Labute approximate surface area is 666 Å². The predicted molar refractivity (Wildman–Crippen MR) is 480 cm³/mol. The minimum absolute atomic E-state index is 0.106. The lowest BCUT2D eigenvalue weighted by atomic mass is 9.33. The second kappa shape index (κ2) is 26.9. The van der Waals surface area contributed by atoms with Gasteiger partial charge in [-0.2, -0.15) is 0 Å².